The number of nitrogens with one attached hydrogen (secondary N) is 1. The number of thiazole rings is 1. The van der Waals surface area contributed by atoms with E-state index in [4.69, 9.17) is 16.3 Å². The van der Waals surface area contributed by atoms with Gasteiger partial charge in [0.05, 0.1) is 5.02 Å². The summed E-state index contributed by atoms with van der Waals surface area (Å²) in [5.74, 6) is -1.33. The largest absolute Gasteiger partial charge is 0.448 e. The number of rotatable bonds is 5. The second-order valence-electron chi connectivity index (χ2n) is 5.44. The molecule has 0 saturated heterocycles. The standard InChI is InChI=1S/C18H13ClFN3O3S/c1-10(16(24)23-15-7-4-12(19)8-21-15)26-18(25)14-9-27-17(22-14)11-2-5-13(20)6-3-11/h2-10H,1H3,(H,21,23,24)/t10-/m0/s1. The molecule has 0 aliphatic rings. The number of esters is 1. The highest BCUT2D eigenvalue weighted by molar-refractivity contribution is 7.13. The van der Waals surface area contributed by atoms with Crippen LogP contribution in [0.5, 0.6) is 0 Å². The molecule has 0 spiro atoms. The van der Waals surface area contributed by atoms with Crippen molar-refractivity contribution < 1.29 is 18.7 Å². The van der Waals surface area contributed by atoms with Crippen molar-refractivity contribution in [2.75, 3.05) is 5.32 Å². The summed E-state index contributed by atoms with van der Waals surface area (Å²) in [4.78, 5) is 32.4. The fraction of sp³-hybridized carbons (Fsp3) is 0.111. The maximum Gasteiger partial charge on any atom is 0.358 e. The molecule has 1 N–H and O–H groups in total. The van der Waals surface area contributed by atoms with Crippen molar-refractivity contribution >= 4 is 40.6 Å². The lowest BCUT2D eigenvalue weighted by atomic mass is 10.2. The minimum absolute atomic E-state index is 0.0728. The number of pyridine rings is 1. The van der Waals surface area contributed by atoms with Crippen LogP contribution in [0.15, 0.2) is 48.0 Å². The van der Waals surface area contributed by atoms with Crippen LogP contribution in [0.3, 0.4) is 0 Å². The number of ether oxygens (including phenoxy) is 1. The Morgan fingerprint density at radius 2 is 1.96 bits per heavy atom. The van der Waals surface area contributed by atoms with Crippen LogP contribution in [0.1, 0.15) is 17.4 Å². The van der Waals surface area contributed by atoms with Gasteiger partial charge in [0.15, 0.2) is 11.8 Å². The Kier molecular flexibility index (Phi) is 5.78. The Balaban J connectivity index is 1.61. The van der Waals surface area contributed by atoms with Gasteiger partial charge in [0.25, 0.3) is 5.91 Å². The van der Waals surface area contributed by atoms with Gasteiger partial charge in [-0.15, -0.1) is 11.3 Å². The normalized spacial score (nSPS) is 11.7. The van der Waals surface area contributed by atoms with E-state index < -0.39 is 18.0 Å². The summed E-state index contributed by atoms with van der Waals surface area (Å²) in [6.45, 7) is 1.44. The van der Waals surface area contributed by atoms with Gasteiger partial charge in [0.2, 0.25) is 0 Å². The summed E-state index contributed by atoms with van der Waals surface area (Å²) < 4.78 is 18.1. The molecule has 2 heterocycles. The number of hydrogen-bond donors (Lipinski definition) is 1. The molecule has 138 valence electrons. The van der Waals surface area contributed by atoms with Crippen molar-refractivity contribution in [1.82, 2.24) is 9.97 Å². The van der Waals surface area contributed by atoms with Crippen LogP contribution in [-0.2, 0) is 9.53 Å². The monoisotopic (exact) mass is 405 g/mol. The van der Waals surface area contributed by atoms with Gasteiger partial charge >= 0.3 is 5.97 Å². The van der Waals surface area contributed by atoms with Gasteiger partial charge in [-0.1, -0.05) is 11.6 Å². The van der Waals surface area contributed by atoms with Crippen LogP contribution in [-0.4, -0.2) is 27.9 Å². The molecule has 0 aliphatic carbocycles. The Hall–Kier alpha value is -2.84. The summed E-state index contributed by atoms with van der Waals surface area (Å²) in [7, 11) is 0. The molecular weight excluding hydrogens is 393 g/mol. The van der Waals surface area contributed by atoms with Gasteiger partial charge in [-0.3, -0.25) is 4.79 Å². The average Bonchev–Trinajstić information content (AvgIpc) is 3.14. The van der Waals surface area contributed by atoms with E-state index in [1.807, 2.05) is 0 Å². The van der Waals surface area contributed by atoms with Gasteiger partial charge in [-0.2, -0.15) is 0 Å². The molecule has 3 aromatic rings. The highest BCUT2D eigenvalue weighted by Crippen LogP contribution is 2.24. The number of hydrogen-bond acceptors (Lipinski definition) is 6. The molecule has 1 atom stereocenters. The summed E-state index contributed by atoms with van der Waals surface area (Å²) >= 11 is 6.95. The van der Waals surface area contributed by atoms with Crippen LogP contribution < -0.4 is 5.32 Å². The first-order chi connectivity index (χ1) is 12.9. The van der Waals surface area contributed by atoms with E-state index in [-0.39, 0.29) is 11.5 Å². The van der Waals surface area contributed by atoms with Gasteiger partial charge in [-0.05, 0) is 43.3 Å². The molecular formula is C18H13ClFN3O3S. The Morgan fingerprint density at radius 1 is 1.22 bits per heavy atom. The quantitative estimate of drug-likeness (QED) is 0.644. The molecule has 1 aromatic carbocycles. The molecule has 6 nitrogen and oxygen atoms in total. The molecule has 0 fully saturated rings. The van der Waals surface area contributed by atoms with Gasteiger partial charge < -0.3 is 10.1 Å². The smallest absolute Gasteiger partial charge is 0.358 e. The summed E-state index contributed by atoms with van der Waals surface area (Å²) in [5, 5.41) is 5.03. The van der Waals surface area contributed by atoms with E-state index in [1.165, 1.54) is 48.0 Å². The average molecular weight is 406 g/mol. The molecule has 27 heavy (non-hydrogen) atoms. The minimum atomic E-state index is -1.05. The van der Waals surface area contributed by atoms with E-state index in [2.05, 4.69) is 15.3 Å². The molecule has 0 unspecified atom stereocenters. The fourth-order valence-corrected chi connectivity index (χ4v) is 2.95. The molecule has 0 radical (unpaired) electrons. The topological polar surface area (TPSA) is 81.2 Å². The molecule has 0 aliphatic heterocycles. The number of aromatic nitrogens is 2. The number of amides is 1. The van der Waals surface area contributed by atoms with Crippen molar-refractivity contribution in [3.63, 3.8) is 0 Å². The third kappa shape index (κ3) is 4.87. The second kappa shape index (κ2) is 8.24. The van der Waals surface area contributed by atoms with Crippen molar-refractivity contribution in [1.29, 1.82) is 0 Å². The minimum Gasteiger partial charge on any atom is -0.448 e. The number of carbonyl (C=O) groups is 2. The van der Waals surface area contributed by atoms with E-state index in [1.54, 1.807) is 18.2 Å². The maximum atomic E-state index is 13.0. The lowest BCUT2D eigenvalue weighted by molar-refractivity contribution is -0.123. The van der Waals surface area contributed by atoms with Crippen molar-refractivity contribution in [2.24, 2.45) is 0 Å². The number of halogens is 2. The zero-order valence-electron chi connectivity index (χ0n) is 14.0. The van der Waals surface area contributed by atoms with Crippen LogP contribution in [0.2, 0.25) is 5.02 Å². The lowest BCUT2D eigenvalue weighted by Crippen LogP contribution is -2.30. The predicted molar refractivity (Wildman–Crippen MR) is 100 cm³/mol. The van der Waals surface area contributed by atoms with Crippen LogP contribution >= 0.6 is 22.9 Å². The van der Waals surface area contributed by atoms with E-state index in [9.17, 15) is 14.0 Å². The van der Waals surface area contributed by atoms with Gasteiger partial charge in [0.1, 0.15) is 16.6 Å². The number of anilines is 1. The van der Waals surface area contributed by atoms with Crippen LogP contribution in [0.25, 0.3) is 10.6 Å². The first-order valence-electron chi connectivity index (χ1n) is 7.77. The van der Waals surface area contributed by atoms with E-state index in [0.717, 1.165) is 0 Å². The second-order valence-corrected chi connectivity index (χ2v) is 6.74. The molecule has 0 saturated carbocycles. The Labute approximate surface area is 163 Å². The molecule has 2 aromatic heterocycles. The van der Waals surface area contributed by atoms with Gasteiger partial charge in [0, 0.05) is 17.1 Å². The third-order valence-electron chi connectivity index (χ3n) is 3.44. The van der Waals surface area contributed by atoms with E-state index >= 15 is 0 Å². The third-order valence-corrected chi connectivity index (χ3v) is 4.55. The van der Waals surface area contributed by atoms with Crippen LogP contribution in [0, 0.1) is 5.82 Å². The first kappa shape index (κ1) is 18.9. The molecule has 9 heteroatoms. The lowest BCUT2D eigenvalue weighted by Gasteiger charge is -2.12. The summed E-state index contributed by atoms with van der Waals surface area (Å²) in [6, 6.07) is 8.87. The molecule has 1 amide bonds. The SMILES string of the molecule is C[C@H](OC(=O)c1csc(-c2ccc(F)cc2)n1)C(=O)Nc1ccc(Cl)cn1. The Morgan fingerprint density at radius 3 is 2.63 bits per heavy atom. The number of nitrogens with zero attached hydrogens (tertiary/aromatic N) is 2. The van der Waals surface area contributed by atoms with Crippen molar-refractivity contribution in [3.8, 4) is 10.6 Å². The zero-order valence-corrected chi connectivity index (χ0v) is 15.6. The molecule has 0 bridgehead atoms. The predicted octanol–water partition coefficient (Wildman–Crippen LogP) is 4.18. The number of benzene rings is 1. The fourth-order valence-electron chi connectivity index (χ4n) is 2.04. The highest BCUT2D eigenvalue weighted by Gasteiger charge is 2.21. The van der Waals surface area contributed by atoms with Crippen LogP contribution in [0.4, 0.5) is 10.2 Å². The van der Waals surface area contributed by atoms with Gasteiger partial charge in [-0.25, -0.2) is 19.2 Å². The Bertz CT molecular complexity index is 961. The molecule has 3 rings (SSSR count). The summed E-state index contributed by atoms with van der Waals surface area (Å²) in [5.41, 5.74) is 0.753. The highest BCUT2D eigenvalue weighted by atomic mass is 35.5. The summed E-state index contributed by atoms with van der Waals surface area (Å²) in [6.07, 6.45) is 0.339. The number of carbonyl (C=O) groups excluding carboxylic acids is 2. The zero-order chi connectivity index (χ0) is 19.4. The maximum absolute atomic E-state index is 13.0. The van der Waals surface area contributed by atoms with Crippen molar-refractivity contribution in [2.45, 2.75) is 13.0 Å². The van der Waals surface area contributed by atoms with Crippen molar-refractivity contribution in [3.05, 3.63) is 64.5 Å². The van der Waals surface area contributed by atoms with E-state index in [0.29, 0.717) is 21.4 Å². The first-order valence-corrected chi connectivity index (χ1v) is 9.03.